The van der Waals surface area contributed by atoms with Crippen molar-refractivity contribution >= 4 is 44.3 Å². The molecule has 0 unspecified atom stereocenters. The zero-order chi connectivity index (χ0) is 13.6. The number of nitrogen functional groups attached to an aromatic ring is 1. The number of hydrogen-bond donors (Lipinski definition) is 2. The SMILES string of the molecule is Nc1ccc(-c2nc3cc(Br)c(F)cc3[nH]2)cc1Cl. The van der Waals surface area contributed by atoms with Crippen molar-refractivity contribution in [3.8, 4) is 11.4 Å². The number of benzene rings is 2. The van der Waals surface area contributed by atoms with Gasteiger partial charge in [-0.25, -0.2) is 9.37 Å². The number of anilines is 1. The van der Waals surface area contributed by atoms with Gasteiger partial charge in [-0.05, 0) is 40.2 Å². The van der Waals surface area contributed by atoms with Crippen LogP contribution in [0, 0.1) is 5.82 Å². The van der Waals surface area contributed by atoms with E-state index in [1.807, 2.05) is 6.07 Å². The molecule has 0 bridgehead atoms. The molecule has 3 nitrogen and oxygen atoms in total. The maximum absolute atomic E-state index is 13.4. The van der Waals surface area contributed by atoms with Crippen LogP contribution in [0.2, 0.25) is 5.02 Å². The Morgan fingerprint density at radius 1 is 1.26 bits per heavy atom. The predicted octanol–water partition coefficient (Wildman–Crippen LogP) is 4.37. The average Bonchev–Trinajstić information content (AvgIpc) is 2.76. The molecule has 96 valence electrons. The van der Waals surface area contributed by atoms with Crippen molar-refractivity contribution in [3.05, 3.63) is 45.6 Å². The summed E-state index contributed by atoms with van der Waals surface area (Å²) in [7, 11) is 0. The summed E-state index contributed by atoms with van der Waals surface area (Å²) in [5.41, 5.74) is 8.28. The lowest BCUT2D eigenvalue weighted by atomic mass is 10.2. The average molecular weight is 341 g/mol. The molecule has 0 radical (unpaired) electrons. The lowest BCUT2D eigenvalue weighted by Crippen LogP contribution is -1.87. The lowest BCUT2D eigenvalue weighted by Gasteiger charge is -2.00. The molecule has 0 aliphatic heterocycles. The molecule has 3 aromatic rings. The summed E-state index contributed by atoms with van der Waals surface area (Å²) >= 11 is 9.12. The van der Waals surface area contributed by atoms with E-state index in [-0.39, 0.29) is 5.82 Å². The molecule has 1 aromatic heterocycles. The van der Waals surface area contributed by atoms with Crippen molar-refractivity contribution < 1.29 is 4.39 Å². The van der Waals surface area contributed by atoms with E-state index in [4.69, 9.17) is 17.3 Å². The first-order valence-electron chi connectivity index (χ1n) is 5.45. The summed E-state index contributed by atoms with van der Waals surface area (Å²) in [5.74, 6) is 0.285. The van der Waals surface area contributed by atoms with Crippen molar-refractivity contribution in [1.29, 1.82) is 0 Å². The van der Waals surface area contributed by atoms with Crippen molar-refractivity contribution in [1.82, 2.24) is 9.97 Å². The Bertz CT molecular complexity index is 746. The molecule has 0 aliphatic rings. The van der Waals surface area contributed by atoms with Crippen LogP contribution in [-0.2, 0) is 0 Å². The highest BCUT2D eigenvalue weighted by molar-refractivity contribution is 9.10. The molecule has 0 amide bonds. The van der Waals surface area contributed by atoms with Gasteiger partial charge in [0.05, 0.1) is 26.2 Å². The van der Waals surface area contributed by atoms with E-state index in [1.165, 1.54) is 6.07 Å². The first-order valence-corrected chi connectivity index (χ1v) is 6.62. The summed E-state index contributed by atoms with van der Waals surface area (Å²) in [4.78, 5) is 7.46. The van der Waals surface area contributed by atoms with Crippen LogP contribution < -0.4 is 5.73 Å². The Morgan fingerprint density at radius 2 is 2.05 bits per heavy atom. The minimum atomic E-state index is -0.335. The molecule has 0 fully saturated rings. The van der Waals surface area contributed by atoms with E-state index in [0.29, 0.717) is 32.0 Å². The van der Waals surface area contributed by atoms with Gasteiger partial charge in [-0.15, -0.1) is 0 Å². The Kier molecular flexibility index (Phi) is 2.95. The largest absolute Gasteiger partial charge is 0.398 e. The van der Waals surface area contributed by atoms with Gasteiger partial charge in [-0.2, -0.15) is 0 Å². The molecule has 0 saturated carbocycles. The van der Waals surface area contributed by atoms with Gasteiger partial charge in [-0.1, -0.05) is 11.6 Å². The monoisotopic (exact) mass is 339 g/mol. The predicted molar refractivity (Wildman–Crippen MR) is 78.6 cm³/mol. The number of imidazole rings is 1. The zero-order valence-electron chi connectivity index (χ0n) is 9.55. The summed E-state index contributed by atoms with van der Waals surface area (Å²) in [6.07, 6.45) is 0. The molecule has 1 heterocycles. The van der Waals surface area contributed by atoms with E-state index < -0.39 is 0 Å². The molecule has 0 atom stereocenters. The molecule has 2 aromatic carbocycles. The van der Waals surface area contributed by atoms with Crippen LogP contribution in [0.15, 0.2) is 34.8 Å². The van der Waals surface area contributed by atoms with E-state index in [0.717, 1.165) is 5.56 Å². The number of aromatic nitrogens is 2. The third-order valence-electron chi connectivity index (χ3n) is 2.80. The molecule has 0 saturated heterocycles. The van der Waals surface area contributed by atoms with Crippen LogP contribution in [0.3, 0.4) is 0 Å². The highest BCUT2D eigenvalue weighted by Gasteiger charge is 2.09. The smallest absolute Gasteiger partial charge is 0.139 e. The second-order valence-corrected chi connectivity index (χ2v) is 5.37. The van der Waals surface area contributed by atoms with Crippen molar-refractivity contribution in [2.45, 2.75) is 0 Å². The highest BCUT2D eigenvalue weighted by atomic mass is 79.9. The number of nitrogens with zero attached hydrogens (tertiary/aromatic N) is 1. The van der Waals surface area contributed by atoms with Crippen molar-refractivity contribution in [2.24, 2.45) is 0 Å². The number of aromatic amines is 1. The fourth-order valence-corrected chi connectivity index (χ4v) is 2.33. The Balaban J connectivity index is 2.17. The number of rotatable bonds is 1. The maximum Gasteiger partial charge on any atom is 0.139 e. The van der Waals surface area contributed by atoms with Crippen LogP contribution in [-0.4, -0.2) is 9.97 Å². The molecular formula is C13H8BrClFN3. The Morgan fingerprint density at radius 3 is 2.79 bits per heavy atom. The van der Waals surface area contributed by atoms with Gasteiger partial charge < -0.3 is 10.7 Å². The topological polar surface area (TPSA) is 54.7 Å². The van der Waals surface area contributed by atoms with Crippen LogP contribution in [0.25, 0.3) is 22.4 Å². The zero-order valence-corrected chi connectivity index (χ0v) is 11.9. The highest BCUT2D eigenvalue weighted by Crippen LogP contribution is 2.28. The number of nitrogens with one attached hydrogen (secondary N) is 1. The number of nitrogens with two attached hydrogens (primary N) is 1. The molecule has 3 N–H and O–H groups in total. The number of halogens is 3. The van der Waals surface area contributed by atoms with Gasteiger partial charge in [0.15, 0.2) is 0 Å². The van der Waals surface area contributed by atoms with E-state index >= 15 is 0 Å². The van der Waals surface area contributed by atoms with Crippen LogP contribution >= 0.6 is 27.5 Å². The Labute approximate surface area is 121 Å². The minimum Gasteiger partial charge on any atom is -0.398 e. The molecule has 0 spiro atoms. The van der Waals surface area contributed by atoms with Crippen molar-refractivity contribution in [3.63, 3.8) is 0 Å². The first-order chi connectivity index (χ1) is 9.04. The van der Waals surface area contributed by atoms with E-state index in [9.17, 15) is 4.39 Å². The van der Waals surface area contributed by atoms with Crippen LogP contribution in [0.5, 0.6) is 0 Å². The van der Waals surface area contributed by atoms with Crippen LogP contribution in [0.4, 0.5) is 10.1 Å². The van der Waals surface area contributed by atoms with Crippen molar-refractivity contribution in [2.75, 3.05) is 5.73 Å². The summed E-state index contributed by atoms with van der Waals surface area (Å²) in [6, 6.07) is 8.27. The van der Waals surface area contributed by atoms with Crippen LogP contribution in [0.1, 0.15) is 0 Å². The first kappa shape index (κ1) is 12.4. The normalized spacial score (nSPS) is 11.1. The summed E-state index contributed by atoms with van der Waals surface area (Å²) in [6.45, 7) is 0. The van der Waals surface area contributed by atoms with Gasteiger partial charge in [0.25, 0.3) is 0 Å². The number of fused-ring (bicyclic) bond motifs is 1. The summed E-state index contributed by atoms with van der Waals surface area (Å²) < 4.78 is 13.8. The van der Waals surface area contributed by atoms with Gasteiger partial charge in [-0.3, -0.25) is 0 Å². The standard InChI is InChI=1S/C13H8BrClFN3/c14-7-4-11-12(5-9(7)16)19-13(18-11)6-1-2-10(17)8(15)3-6/h1-5H,17H2,(H,18,19). The van der Waals surface area contributed by atoms with Gasteiger partial charge >= 0.3 is 0 Å². The van der Waals surface area contributed by atoms with Gasteiger partial charge in [0, 0.05) is 11.6 Å². The van der Waals surface area contributed by atoms with Gasteiger partial charge in [0.1, 0.15) is 11.6 Å². The van der Waals surface area contributed by atoms with E-state index in [1.54, 1.807) is 18.2 Å². The molecule has 6 heteroatoms. The molecular weight excluding hydrogens is 333 g/mol. The fourth-order valence-electron chi connectivity index (χ4n) is 1.82. The lowest BCUT2D eigenvalue weighted by molar-refractivity contribution is 0.623. The molecule has 19 heavy (non-hydrogen) atoms. The second-order valence-electron chi connectivity index (χ2n) is 4.11. The number of hydrogen-bond acceptors (Lipinski definition) is 2. The maximum atomic E-state index is 13.4. The molecule has 0 aliphatic carbocycles. The minimum absolute atomic E-state index is 0.335. The van der Waals surface area contributed by atoms with Gasteiger partial charge in [0.2, 0.25) is 0 Å². The molecule has 3 rings (SSSR count). The quantitative estimate of drug-likeness (QED) is 0.646. The third kappa shape index (κ3) is 2.19. The van der Waals surface area contributed by atoms with E-state index in [2.05, 4.69) is 25.9 Å². The Hall–Kier alpha value is -1.59. The fraction of sp³-hybridized carbons (Fsp3) is 0. The summed E-state index contributed by atoms with van der Waals surface area (Å²) in [5, 5.41) is 0.463. The second kappa shape index (κ2) is 4.51. The number of H-pyrrole nitrogens is 1. The third-order valence-corrected chi connectivity index (χ3v) is 3.73.